The standard InChI is InChI=1S/C19H19N5S/c1-3-15-7-9-17(10-8-15)21-12-13-25-19-23-22-18(24(19)4-2)16-6-5-11-20-14-16/h3,5-12,14H,1,4,13H2,2H3. The van der Waals surface area contributed by atoms with Crippen LogP contribution in [-0.4, -0.2) is 31.7 Å². The third-order valence-corrected chi connectivity index (χ3v) is 4.48. The molecular weight excluding hydrogens is 330 g/mol. The minimum Gasteiger partial charge on any atom is -0.302 e. The normalized spacial score (nSPS) is 11.1. The maximum atomic E-state index is 4.47. The molecule has 126 valence electrons. The number of hydrogen-bond acceptors (Lipinski definition) is 5. The van der Waals surface area contributed by atoms with E-state index in [2.05, 4.69) is 38.2 Å². The first kappa shape index (κ1) is 17.1. The number of thioether (sulfide) groups is 1. The topological polar surface area (TPSA) is 56.0 Å². The van der Waals surface area contributed by atoms with E-state index in [0.29, 0.717) is 0 Å². The zero-order chi connectivity index (χ0) is 17.5. The van der Waals surface area contributed by atoms with Crippen molar-refractivity contribution in [3.05, 3.63) is 60.9 Å². The summed E-state index contributed by atoms with van der Waals surface area (Å²) in [5.74, 6) is 1.57. The zero-order valence-electron chi connectivity index (χ0n) is 14.0. The largest absolute Gasteiger partial charge is 0.302 e. The zero-order valence-corrected chi connectivity index (χ0v) is 14.9. The molecule has 5 nitrogen and oxygen atoms in total. The fourth-order valence-corrected chi connectivity index (χ4v) is 3.11. The summed E-state index contributed by atoms with van der Waals surface area (Å²) in [4.78, 5) is 8.62. The molecule has 2 heterocycles. The third-order valence-electron chi connectivity index (χ3n) is 3.61. The first-order valence-electron chi connectivity index (χ1n) is 8.03. The molecule has 0 saturated heterocycles. The first-order chi connectivity index (χ1) is 12.3. The molecule has 0 aliphatic heterocycles. The molecule has 0 N–H and O–H groups in total. The minimum absolute atomic E-state index is 0.731. The Bertz CT molecular complexity index is 853. The molecule has 0 amide bonds. The lowest BCUT2D eigenvalue weighted by molar-refractivity contribution is 0.688. The van der Waals surface area contributed by atoms with Crippen molar-refractivity contribution in [2.75, 3.05) is 5.75 Å². The van der Waals surface area contributed by atoms with Gasteiger partial charge in [-0.3, -0.25) is 9.98 Å². The van der Waals surface area contributed by atoms with Gasteiger partial charge in [0.1, 0.15) is 0 Å². The molecule has 2 aromatic heterocycles. The van der Waals surface area contributed by atoms with Gasteiger partial charge in [0, 0.05) is 36.5 Å². The highest BCUT2D eigenvalue weighted by Crippen LogP contribution is 2.23. The van der Waals surface area contributed by atoms with E-state index in [-0.39, 0.29) is 0 Å². The van der Waals surface area contributed by atoms with Crippen LogP contribution in [0.1, 0.15) is 12.5 Å². The van der Waals surface area contributed by atoms with Gasteiger partial charge in [0.05, 0.1) is 5.69 Å². The maximum absolute atomic E-state index is 4.47. The number of pyridine rings is 1. The Morgan fingerprint density at radius 1 is 1.20 bits per heavy atom. The second kappa shape index (κ2) is 8.39. The molecule has 0 aliphatic carbocycles. The van der Waals surface area contributed by atoms with Crippen molar-refractivity contribution < 1.29 is 0 Å². The van der Waals surface area contributed by atoms with E-state index >= 15 is 0 Å². The van der Waals surface area contributed by atoms with Gasteiger partial charge >= 0.3 is 0 Å². The molecule has 0 spiro atoms. The van der Waals surface area contributed by atoms with Gasteiger partial charge in [-0.2, -0.15) is 0 Å². The predicted molar refractivity (Wildman–Crippen MR) is 104 cm³/mol. The Morgan fingerprint density at radius 2 is 2.04 bits per heavy atom. The monoisotopic (exact) mass is 349 g/mol. The Labute approximate surface area is 151 Å². The second-order valence-electron chi connectivity index (χ2n) is 5.21. The lowest BCUT2D eigenvalue weighted by Gasteiger charge is -2.05. The molecule has 0 radical (unpaired) electrons. The predicted octanol–water partition coefficient (Wildman–Crippen LogP) is 4.50. The number of aromatic nitrogens is 4. The Balaban J connectivity index is 1.66. The highest BCUT2D eigenvalue weighted by Gasteiger charge is 2.12. The third kappa shape index (κ3) is 4.22. The van der Waals surface area contributed by atoms with Crippen molar-refractivity contribution in [2.45, 2.75) is 18.6 Å². The molecule has 0 bridgehead atoms. The van der Waals surface area contributed by atoms with Crippen molar-refractivity contribution in [2.24, 2.45) is 4.99 Å². The first-order valence-corrected chi connectivity index (χ1v) is 9.01. The molecule has 1 aromatic carbocycles. The van der Waals surface area contributed by atoms with E-state index in [1.807, 2.05) is 48.7 Å². The van der Waals surface area contributed by atoms with Crippen molar-refractivity contribution in [1.82, 2.24) is 19.7 Å². The van der Waals surface area contributed by atoms with Gasteiger partial charge in [0.15, 0.2) is 11.0 Å². The van der Waals surface area contributed by atoms with Gasteiger partial charge in [0.2, 0.25) is 0 Å². The van der Waals surface area contributed by atoms with E-state index < -0.39 is 0 Å². The van der Waals surface area contributed by atoms with Crippen LogP contribution in [0, 0.1) is 0 Å². The number of hydrogen-bond donors (Lipinski definition) is 0. The van der Waals surface area contributed by atoms with Gasteiger partial charge in [-0.25, -0.2) is 0 Å². The van der Waals surface area contributed by atoms with Crippen LogP contribution < -0.4 is 0 Å². The summed E-state index contributed by atoms with van der Waals surface area (Å²) in [6.45, 7) is 6.64. The van der Waals surface area contributed by atoms with Gasteiger partial charge in [0.25, 0.3) is 0 Å². The fraction of sp³-hybridized carbons (Fsp3) is 0.158. The Morgan fingerprint density at radius 3 is 2.72 bits per heavy atom. The number of aliphatic imine (C=N–C) groups is 1. The minimum atomic E-state index is 0.731. The molecule has 0 aliphatic rings. The fourth-order valence-electron chi connectivity index (χ4n) is 2.34. The van der Waals surface area contributed by atoms with Crippen LogP contribution in [0.2, 0.25) is 0 Å². The van der Waals surface area contributed by atoms with Crippen LogP contribution in [-0.2, 0) is 6.54 Å². The molecule has 3 rings (SSSR count). The van der Waals surface area contributed by atoms with Gasteiger partial charge < -0.3 is 4.57 Å². The highest BCUT2D eigenvalue weighted by molar-refractivity contribution is 7.99. The van der Waals surface area contributed by atoms with E-state index in [0.717, 1.165) is 40.1 Å². The number of nitrogens with zero attached hydrogens (tertiary/aromatic N) is 5. The van der Waals surface area contributed by atoms with Gasteiger partial charge in [-0.15, -0.1) is 10.2 Å². The summed E-state index contributed by atoms with van der Waals surface area (Å²) in [7, 11) is 0. The van der Waals surface area contributed by atoms with Gasteiger partial charge in [-0.05, 0) is 36.8 Å². The van der Waals surface area contributed by atoms with Crippen LogP contribution in [0.5, 0.6) is 0 Å². The highest BCUT2D eigenvalue weighted by atomic mass is 32.2. The summed E-state index contributed by atoms with van der Waals surface area (Å²) in [5.41, 5.74) is 2.99. The maximum Gasteiger partial charge on any atom is 0.191 e. The summed E-state index contributed by atoms with van der Waals surface area (Å²) >= 11 is 1.62. The smallest absolute Gasteiger partial charge is 0.191 e. The molecule has 3 aromatic rings. The van der Waals surface area contributed by atoms with E-state index in [1.54, 1.807) is 24.2 Å². The Hall–Kier alpha value is -2.73. The number of benzene rings is 1. The molecule has 25 heavy (non-hydrogen) atoms. The molecule has 0 unspecified atom stereocenters. The second-order valence-corrected chi connectivity index (χ2v) is 6.20. The van der Waals surface area contributed by atoms with E-state index in [1.165, 1.54) is 0 Å². The van der Waals surface area contributed by atoms with Crippen LogP contribution in [0.4, 0.5) is 5.69 Å². The van der Waals surface area contributed by atoms with Crippen molar-refractivity contribution in [3.8, 4) is 11.4 Å². The van der Waals surface area contributed by atoms with Crippen LogP contribution >= 0.6 is 11.8 Å². The average Bonchev–Trinajstić information content (AvgIpc) is 3.09. The van der Waals surface area contributed by atoms with Gasteiger partial charge in [-0.1, -0.05) is 36.5 Å². The Kier molecular flexibility index (Phi) is 5.74. The van der Waals surface area contributed by atoms with Crippen LogP contribution in [0.15, 0.2) is 65.5 Å². The summed E-state index contributed by atoms with van der Waals surface area (Å²) in [5, 5.41) is 9.50. The van der Waals surface area contributed by atoms with Crippen LogP contribution in [0.3, 0.4) is 0 Å². The quantitative estimate of drug-likeness (QED) is 0.465. The molecule has 6 heteroatoms. The number of rotatable bonds is 7. The summed E-state index contributed by atoms with van der Waals surface area (Å²) in [6, 6.07) is 11.9. The van der Waals surface area contributed by atoms with Crippen molar-refractivity contribution >= 4 is 29.7 Å². The average molecular weight is 349 g/mol. The molecule has 0 atom stereocenters. The molecule has 0 saturated carbocycles. The molecule has 0 fully saturated rings. The van der Waals surface area contributed by atoms with Crippen molar-refractivity contribution in [1.29, 1.82) is 0 Å². The van der Waals surface area contributed by atoms with E-state index in [9.17, 15) is 0 Å². The lowest BCUT2D eigenvalue weighted by Crippen LogP contribution is -2.00. The van der Waals surface area contributed by atoms with E-state index in [4.69, 9.17) is 0 Å². The van der Waals surface area contributed by atoms with Crippen LogP contribution in [0.25, 0.3) is 17.5 Å². The molecular formula is C19H19N5S. The van der Waals surface area contributed by atoms with Crippen molar-refractivity contribution in [3.63, 3.8) is 0 Å². The summed E-state index contributed by atoms with van der Waals surface area (Å²) in [6.07, 6.45) is 7.27. The SMILES string of the molecule is C=Cc1ccc(N=CCSc2nnc(-c3cccnc3)n2CC)cc1. The summed E-state index contributed by atoms with van der Waals surface area (Å²) < 4.78 is 2.09. The lowest BCUT2D eigenvalue weighted by atomic mass is 10.2.